The third-order valence-electron chi connectivity index (χ3n) is 0.830. The minimum Gasteiger partial charge on any atom is -0.380 e. The minimum atomic E-state index is 0. The zero-order valence-corrected chi connectivity index (χ0v) is 7.59. The van der Waals surface area contributed by atoms with E-state index >= 15 is 0 Å². The molecular formula is C5H7N2Y-. The van der Waals surface area contributed by atoms with Gasteiger partial charge < -0.3 is 9.97 Å². The maximum absolute atomic E-state index is 3.81. The predicted molar refractivity (Wildman–Crippen MR) is 27.7 cm³/mol. The van der Waals surface area contributed by atoms with Crippen molar-refractivity contribution in [2.45, 2.75) is 6.92 Å². The normalized spacial score (nSPS) is 7.62. The molecule has 1 aromatic heterocycles. The number of aromatic nitrogens is 2. The third-order valence-corrected chi connectivity index (χ3v) is 0.830. The molecule has 0 aliphatic carbocycles. The second-order valence-corrected chi connectivity index (χ2v) is 1.30. The summed E-state index contributed by atoms with van der Waals surface area (Å²) < 4.78 is 0. The molecule has 0 spiro atoms. The van der Waals surface area contributed by atoms with Crippen molar-refractivity contribution in [3.05, 3.63) is 24.6 Å². The average Bonchev–Trinajstić information content (AvgIpc) is 2.14. The Morgan fingerprint density at radius 3 is 2.75 bits per heavy atom. The van der Waals surface area contributed by atoms with Crippen LogP contribution in [0.25, 0.3) is 0 Å². The van der Waals surface area contributed by atoms with Gasteiger partial charge in [-0.05, 0) is 0 Å². The molecule has 0 fully saturated rings. The molecule has 2 nitrogen and oxygen atoms in total. The Morgan fingerprint density at radius 2 is 2.50 bits per heavy atom. The molecule has 0 unspecified atom stereocenters. The van der Waals surface area contributed by atoms with Crippen molar-refractivity contribution in [1.29, 1.82) is 0 Å². The second-order valence-electron chi connectivity index (χ2n) is 1.30. The fraction of sp³-hybridized carbons (Fsp3) is 0.200. The fourth-order valence-corrected chi connectivity index (χ4v) is 0.425. The molecule has 0 atom stereocenters. The van der Waals surface area contributed by atoms with Crippen molar-refractivity contribution in [3.8, 4) is 0 Å². The molecule has 0 bridgehead atoms. The number of hydrogen-bond acceptors (Lipinski definition) is 1. The van der Waals surface area contributed by atoms with E-state index in [1.54, 1.807) is 12.5 Å². The Kier molecular flexibility index (Phi) is 4.20. The summed E-state index contributed by atoms with van der Waals surface area (Å²) in [5.74, 6) is 0. The molecule has 1 rings (SSSR count). The zero-order chi connectivity index (χ0) is 5.11. The average molecular weight is 184 g/mol. The quantitative estimate of drug-likeness (QED) is 0.647. The van der Waals surface area contributed by atoms with Crippen LogP contribution in [0.5, 0.6) is 0 Å². The molecule has 1 N–H and O–H groups in total. The second kappa shape index (κ2) is 4.10. The van der Waals surface area contributed by atoms with Crippen LogP contribution < -0.4 is 0 Å². The van der Waals surface area contributed by atoms with E-state index in [0.29, 0.717) is 0 Å². The number of H-pyrrole nitrogens is 1. The van der Waals surface area contributed by atoms with E-state index in [-0.39, 0.29) is 32.7 Å². The van der Waals surface area contributed by atoms with Crippen LogP contribution in [0, 0.1) is 6.42 Å². The largest absolute Gasteiger partial charge is 0.380 e. The topological polar surface area (TPSA) is 28.7 Å². The molecule has 0 saturated carbocycles. The molecule has 1 heterocycles. The van der Waals surface area contributed by atoms with Gasteiger partial charge in [-0.1, -0.05) is 6.20 Å². The van der Waals surface area contributed by atoms with Crippen molar-refractivity contribution in [2.75, 3.05) is 0 Å². The summed E-state index contributed by atoms with van der Waals surface area (Å²) >= 11 is 0. The number of rotatable bonds is 1. The minimum absolute atomic E-state index is 0. The van der Waals surface area contributed by atoms with Crippen molar-refractivity contribution < 1.29 is 32.7 Å². The first-order chi connectivity index (χ1) is 3.43. The maximum Gasteiger partial charge on any atom is 0.0699 e. The van der Waals surface area contributed by atoms with Gasteiger partial charge in [0.1, 0.15) is 0 Å². The van der Waals surface area contributed by atoms with Gasteiger partial charge in [-0.15, -0.1) is 12.6 Å². The zero-order valence-electron chi connectivity index (χ0n) is 4.76. The predicted octanol–water partition coefficient (Wildman–Crippen LogP) is 0.979. The van der Waals surface area contributed by atoms with E-state index in [1.165, 1.54) is 0 Å². The number of aromatic amines is 1. The molecule has 1 radical (unpaired) electrons. The summed E-state index contributed by atoms with van der Waals surface area (Å²) in [4.78, 5) is 6.73. The van der Waals surface area contributed by atoms with Gasteiger partial charge in [0.05, 0.1) is 6.33 Å². The van der Waals surface area contributed by atoms with Crippen LogP contribution in [0.4, 0.5) is 0 Å². The summed E-state index contributed by atoms with van der Waals surface area (Å²) in [6.07, 6.45) is 5.41. The molecule has 3 heteroatoms. The molecule has 0 amide bonds. The summed E-state index contributed by atoms with van der Waals surface area (Å²) in [6.45, 7) is 1.97. The Hall–Kier alpha value is 0.184. The monoisotopic (exact) mass is 184 g/mol. The van der Waals surface area contributed by atoms with E-state index in [2.05, 4.69) is 9.97 Å². The van der Waals surface area contributed by atoms with Gasteiger partial charge in [-0.2, -0.15) is 0 Å². The summed E-state index contributed by atoms with van der Waals surface area (Å²) in [5, 5.41) is 0. The van der Waals surface area contributed by atoms with Gasteiger partial charge >= 0.3 is 0 Å². The number of imidazole rings is 1. The van der Waals surface area contributed by atoms with Gasteiger partial charge in [-0.3, -0.25) is 0 Å². The van der Waals surface area contributed by atoms with Gasteiger partial charge in [0, 0.05) is 32.7 Å². The molecule has 0 saturated heterocycles. The molecule has 0 aromatic carbocycles. The van der Waals surface area contributed by atoms with E-state index in [4.69, 9.17) is 0 Å². The number of nitrogens with one attached hydrogen (secondary N) is 1. The number of nitrogens with zero attached hydrogens (tertiary/aromatic N) is 1. The first-order valence-electron chi connectivity index (χ1n) is 2.21. The summed E-state index contributed by atoms with van der Waals surface area (Å²) in [5.41, 5.74) is 1.07. The molecule has 1 aromatic rings. The molecular weight excluding hydrogens is 177 g/mol. The first-order valence-corrected chi connectivity index (χ1v) is 2.21. The Morgan fingerprint density at radius 1 is 1.75 bits per heavy atom. The standard InChI is InChI=1S/C5H7N2.Y/c1-2-5-3-6-4-7-5;/h2-4H,1H3,(H,6,7);/q-1;. The van der Waals surface area contributed by atoms with Crippen LogP contribution in [-0.4, -0.2) is 9.97 Å². The Labute approximate surface area is 74.0 Å². The van der Waals surface area contributed by atoms with E-state index in [0.717, 1.165) is 5.69 Å². The van der Waals surface area contributed by atoms with Crippen LogP contribution in [0.1, 0.15) is 12.6 Å². The van der Waals surface area contributed by atoms with Crippen molar-refractivity contribution in [1.82, 2.24) is 9.97 Å². The molecule has 41 valence electrons. The van der Waals surface area contributed by atoms with Crippen LogP contribution in [0.2, 0.25) is 0 Å². The fourth-order valence-electron chi connectivity index (χ4n) is 0.425. The van der Waals surface area contributed by atoms with Crippen molar-refractivity contribution >= 4 is 0 Å². The van der Waals surface area contributed by atoms with Crippen molar-refractivity contribution in [2.24, 2.45) is 0 Å². The Balaban J connectivity index is 0.000000490. The van der Waals surface area contributed by atoms with Gasteiger partial charge in [0.2, 0.25) is 0 Å². The molecule has 8 heavy (non-hydrogen) atoms. The van der Waals surface area contributed by atoms with Crippen LogP contribution in [-0.2, 0) is 32.7 Å². The van der Waals surface area contributed by atoms with Crippen LogP contribution >= 0.6 is 0 Å². The molecule has 0 aliphatic rings. The van der Waals surface area contributed by atoms with E-state index < -0.39 is 0 Å². The van der Waals surface area contributed by atoms with Gasteiger partial charge in [0.25, 0.3) is 0 Å². The summed E-state index contributed by atoms with van der Waals surface area (Å²) in [7, 11) is 0. The van der Waals surface area contributed by atoms with E-state index in [1.807, 2.05) is 13.3 Å². The van der Waals surface area contributed by atoms with Crippen LogP contribution in [0.3, 0.4) is 0 Å². The smallest absolute Gasteiger partial charge is 0.0699 e. The van der Waals surface area contributed by atoms with E-state index in [9.17, 15) is 0 Å². The molecule has 0 aliphatic heterocycles. The Bertz CT molecular complexity index is 125. The van der Waals surface area contributed by atoms with Crippen LogP contribution in [0.15, 0.2) is 12.5 Å². The summed E-state index contributed by atoms with van der Waals surface area (Å²) in [6, 6.07) is 0. The van der Waals surface area contributed by atoms with Crippen molar-refractivity contribution in [3.63, 3.8) is 0 Å². The van der Waals surface area contributed by atoms with Gasteiger partial charge in [-0.25, -0.2) is 6.42 Å². The third kappa shape index (κ3) is 1.97. The number of hydrogen-bond donors (Lipinski definition) is 1. The maximum atomic E-state index is 3.81. The SMILES string of the molecule is C[CH-]c1cnc[nH]1.[Y]. The van der Waals surface area contributed by atoms with Gasteiger partial charge in [0.15, 0.2) is 0 Å². The first kappa shape index (κ1) is 8.18.